The van der Waals surface area contributed by atoms with Crippen LogP contribution >= 0.6 is 11.3 Å². The minimum absolute atomic E-state index is 0.105. The molecule has 0 radical (unpaired) electrons. The molecule has 0 unspecified atom stereocenters. The summed E-state index contributed by atoms with van der Waals surface area (Å²) in [6, 6.07) is 13.0. The van der Waals surface area contributed by atoms with Crippen LogP contribution in [0.4, 0.5) is 5.13 Å². The summed E-state index contributed by atoms with van der Waals surface area (Å²) in [5.41, 5.74) is 1.79. The molecule has 3 heterocycles. The molecule has 150 valence electrons. The minimum atomic E-state index is -0.239. The van der Waals surface area contributed by atoms with Crippen LogP contribution < -0.4 is 10.7 Å². The van der Waals surface area contributed by atoms with Crippen LogP contribution in [-0.2, 0) is 5.41 Å². The van der Waals surface area contributed by atoms with Gasteiger partial charge in [-0.25, -0.2) is 4.98 Å². The molecule has 4 rings (SSSR count). The van der Waals surface area contributed by atoms with Gasteiger partial charge >= 0.3 is 0 Å². The number of aryl methyl sites for hydroxylation is 1. The van der Waals surface area contributed by atoms with Crippen molar-refractivity contribution in [1.82, 2.24) is 9.88 Å². The van der Waals surface area contributed by atoms with Gasteiger partial charge in [0.25, 0.3) is 5.91 Å². The molecule has 1 aliphatic heterocycles. The first-order valence-corrected chi connectivity index (χ1v) is 10.5. The Labute approximate surface area is 173 Å². The van der Waals surface area contributed by atoms with Crippen molar-refractivity contribution in [3.63, 3.8) is 0 Å². The number of aromatic nitrogens is 1. The van der Waals surface area contributed by atoms with Crippen molar-refractivity contribution in [3.05, 3.63) is 80.8 Å². The second-order valence-electron chi connectivity index (χ2n) is 7.30. The Bertz CT molecular complexity index is 1070. The number of likely N-dealkylation sites (tertiary alicyclic amines) is 1. The number of benzene rings is 1. The molecule has 1 amide bonds. The standard InChI is InChI=1S/C22H23N3O3S/c1-15-12-17(26)13-18(28-15)20(27)25-10-8-22(9-11-25,16-6-4-3-5-7-16)19-14-29-21(23-2)24-19/h3-7,12-14H,8-11H2,1-2H3,(H,23,24). The largest absolute Gasteiger partial charge is 0.456 e. The van der Waals surface area contributed by atoms with Crippen molar-refractivity contribution in [2.24, 2.45) is 0 Å². The van der Waals surface area contributed by atoms with E-state index >= 15 is 0 Å². The van der Waals surface area contributed by atoms with E-state index in [4.69, 9.17) is 9.40 Å². The fraction of sp³-hybridized carbons (Fsp3) is 0.318. The maximum Gasteiger partial charge on any atom is 0.289 e. The Hall–Kier alpha value is -2.93. The number of anilines is 1. The van der Waals surface area contributed by atoms with Gasteiger partial charge in [-0.1, -0.05) is 30.3 Å². The van der Waals surface area contributed by atoms with Crippen molar-refractivity contribution in [3.8, 4) is 0 Å². The zero-order valence-electron chi connectivity index (χ0n) is 16.5. The van der Waals surface area contributed by atoms with Crippen LogP contribution in [0.15, 0.2) is 57.1 Å². The summed E-state index contributed by atoms with van der Waals surface area (Å²) in [4.78, 5) is 31.2. The Morgan fingerprint density at radius 3 is 2.55 bits per heavy atom. The normalized spacial score (nSPS) is 15.9. The fourth-order valence-corrected chi connectivity index (χ4v) is 4.79. The smallest absolute Gasteiger partial charge is 0.289 e. The molecule has 0 spiro atoms. The van der Waals surface area contributed by atoms with Crippen LogP contribution in [0.3, 0.4) is 0 Å². The summed E-state index contributed by atoms with van der Waals surface area (Å²) < 4.78 is 5.50. The van der Waals surface area contributed by atoms with E-state index in [9.17, 15) is 9.59 Å². The van der Waals surface area contributed by atoms with Gasteiger partial charge in [0.05, 0.1) is 5.69 Å². The molecule has 1 aromatic carbocycles. The molecule has 0 saturated carbocycles. The molecule has 7 heteroatoms. The predicted molar refractivity (Wildman–Crippen MR) is 114 cm³/mol. The number of nitrogens with zero attached hydrogens (tertiary/aromatic N) is 2. The van der Waals surface area contributed by atoms with Crippen LogP contribution in [0, 0.1) is 6.92 Å². The van der Waals surface area contributed by atoms with Crippen LogP contribution in [-0.4, -0.2) is 35.9 Å². The molecule has 0 bridgehead atoms. The number of piperidine rings is 1. The van der Waals surface area contributed by atoms with E-state index in [0.29, 0.717) is 18.8 Å². The zero-order valence-corrected chi connectivity index (χ0v) is 17.3. The lowest BCUT2D eigenvalue weighted by Crippen LogP contribution is -2.46. The average Bonchev–Trinajstić information content (AvgIpc) is 3.23. The molecule has 0 aliphatic carbocycles. The summed E-state index contributed by atoms with van der Waals surface area (Å²) in [5, 5.41) is 6.11. The Balaban J connectivity index is 1.62. The first-order chi connectivity index (χ1) is 14.0. The first-order valence-electron chi connectivity index (χ1n) is 9.62. The molecule has 1 fully saturated rings. The third-order valence-corrected chi connectivity index (χ3v) is 6.40. The number of thiazole rings is 1. The third-order valence-electron chi connectivity index (χ3n) is 5.54. The van der Waals surface area contributed by atoms with Crippen molar-refractivity contribution < 1.29 is 9.21 Å². The highest BCUT2D eigenvalue weighted by Gasteiger charge is 2.41. The number of amides is 1. The lowest BCUT2D eigenvalue weighted by Gasteiger charge is -2.41. The molecular weight excluding hydrogens is 386 g/mol. The number of hydrogen-bond acceptors (Lipinski definition) is 6. The maximum atomic E-state index is 12.9. The van der Waals surface area contributed by atoms with E-state index in [1.54, 1.807) is 23.2 Å². The van der Waals surface area contributed by atoms with E-state index in [1.807, 2.05) is 25.2 Å². The minimum Gasteiger partial charge on any atom is -0.456 e. The lowest BCUT2D eigenvalue weighted by molar-refractivity contribution is 0.0647. The quantitative estimate of drug-likeness (QED) is 0.712. The van der Waals surface area contributed by atoms with E-state index < -0.39 is 0 Å². The third kappa shape index (κ3) is 3.70. The Morgan fingerprint density at radius 2 is 1.93 bits per heavy atom. The number of rotatable bonds is 4. The zero-order chi connectivity index (χ0) is 20.4. The van der Waals surface area contributed by atoms with Gasteiger partial charge in [0, 0.05) is 43.1 Å². The lowest BCUT2D eigenvalue weighted by atomic mass is 9.70. The average molecular weight is 410 g/mol. The number of carbonyl (C=O) groups is 1. The van der Waals surface area contributed by atoms with Gasteiger partial charge in [-0.05, 0) is 25.3 Å². The first kappa shape index (κ1) is 19.4. The highest BCUT2D eigenvalue weighted by molar-refractivity contribution is 7.13. The highest BCUT2D eigenvalue weighted by Crippen LogP contribution is 2.42. The van der Waals surface area contributed by atoms with Crippen molar-refractivity contribution >= 4 is 22.4 Å². The molecule has 2 aromatic heterocycles. The second kappa shape index (κ2) is 7.83. The van der Waals surface area contributed by atoms with E-state index in [1.165, 1.54) is 17.7 Å². The fourth-order valence-electron chi connectivity index (χ4n) is 4.01. The molecular formula is C22H23N3O3S. The molecule has 29 heavy (non-hydrogen) atoms. The van der Waals surface area contributed by atoms with Gasteiger partial charge in [-0.15, -0.1) is 11.3 Å². The van der Waals surface area contributed by atoms with Crippen molar-refractivity contribution in [2.75, 3.05) is 25.5 Å². The molecule has 3 aromatic rings. The van der Waals surface area contributed by atoms with Crippen LogP contribution in [0.5, 0.6) is 0 Å². The Kier molecular flexibility index (Phi) is 5.24. The van der Waals surface area contributed by atoms with E-state index in [0.717, 1.165) is 23.7 Å². The molecule has 0 atom stereocenters. The van der Waals surface area contributed by atoms with E-state index in [-0.39, 0.29) is 22.5 Å². The molecule has 1 aliphatic rings. The van der Waals surface area contributed by atoms with Crippen LogP contribution in [0.1, 0.15) is 40.4 Å². The van der Waals surface area contributed by atoms with Crippen LogP contribution in [0.2, 0.25) is 0 Å². The SMILES string of the molecule is CNc1nc(C2(c3ccccc3)CCN(C(=O)c3cc(=O)cc(C)o3)CC2)cs1. The maximum absolute atomic E-state index is 12.9. The van der Waals surface area contributed by atoms with Crippen LogP contribution in [0.25, 0.3) is 0 Å². The summed E-state index contributed by atoms with van der Waals surface area (Å²) in [7, 11) is 1.87. The molecule has 1 saturated heterocycles. The van der Waals surface area contributed by atoms with Gasteiger partial charge in [0.1, 0.15) is 5.76 Å². The summed E-state index contributed by atoms with van der Waals surface area (Å²) in [6.45, 7) is 2.81. The van der Waals surface area contributed by atoms with Gasteiger partial charge in [0.2, 0.25) is 0 Å². The van der Waals surface area contributed by atoms with Gasteiger partial charge in [0.15, 0.2) is 16.3 Å². The highest BCUT2D eigenvalue weighted by atomic mass is 32.1. The monoisotopic (exact) mass is 409 g/mol. The van der Waals surface area contributed by atoms with E-state index in [2.05, 4.69) is 22.8 Å². The topological polar surface area (TPSA) is 75.4 Å². The van der Waals surface area contributed by atoms with Gasteiger partial charge in [-0.2, -0.15) is 0 Å². The molecule has 6 nitrogen and oxygen atoms in total. The summed E-state index contributed by atoms with van der Waals surface area (Å²) >= 11 is 1.59. The predicted octanol–water partition coefficient (Wildman–Crippen LogP) is 3.67. The summed E-state index contributed by atoms with van der Waals surface area (Å²) in [5.74, 6) is 0.313. The number of hydrogen-bond donors (Lipinski definition) is 1. The Morgan fingerprint density at radius 1 is 1.21 bits per heavy atom. The second-order valence-corrected chi connectivity index (χ2v) is 8.15. The van der Waals surface area contributed by atoms with Gasteiger partial charge < -0.3 is 14.6 Å². The summed E-state index contributed by atoms with van der Waals surface area (Å²) in [6.07, 6.45) is 1.51. The number of carbonyl (C=O) groups excluding carboxylic acids is 1. The van der Waals surface area contributed by atoms with Crippen molar-refractivity contribution in [2.45, 2.75) is 25.2 Å². The van der Waals surface area contributed by atoms with Crippen molar-refractivity contribution in [1.29, 1.82) is 0 Å². The number of nitrogens with one attached hydrogen (secondary N) is 1. The molecule has 1 N–H and O–H groups in total. The van der Waals surface area contributed by atoms with Gasteiger partial charge in [-0.3, -0.25) is 9.59 Å².